The standard InChI is InChI=1S/C14H26ClN3O/c1-5-12-14(15)13(18(7-3)17-12)10-11(16-6-2)8-9-19-4/h11,16H,5-10H2,1-4H3. The van der Waals surface area contributed by atoms with Crippen LogP contribution in [0.1, 0.15) is 38.6 Å². The van der Waals surface area contributed by atoms with Gasteiger partial charge in [0, 0.05) is 32.7 Å². The van der Waals surface area contributed by atoms with Crippen molar-refractivity contribution >= 4 is 11.6 Å². The molecule has 0 saturated carbocycles. The van der Waals surface area contributed by atoms with E-state index < -0.39 is 0 Å². The molecule has 1 heterocycles. The summed E-state index contributed by atoms with van der Waals surface area (Å²) in [6, 6.07) is 0.383. The molecule has 110 valence electrons. The van der Waals surface area contributed by atoms with Crippen molar-refractivity contribution in [3.05, 3.63) is 16.4 Å². The third kappa shape index (κ3) is 4.48. The van der Waals surface area contributed by atoms with Crippen LogP contribution in [0.25, 0.3) is 0 Å². The van der Waals surface area contributed by atoms with Crippen LogP contribution in [0.15, 0.2) is 0 Å². The molecule has 0 aliphatic carbocycles. The number of hydrogen-bond donors (Lipinski definition) is 1. The average Bonchev–Trinajstić information content (AvgIpc) is 2.72. The minimum atomic E-state index is 0.383. The Morgan fingerprint density at radius 2 is 2.11 bits per heavy atom. The smallest absolute Gasteiger partial charge is 0.0850 e. The van der Waals surface area contributed by atoms with Gasteiger partial charge < -0.3 is 10.1 Å². The monoisotopic (exact) mass is 287 g/mol. The maximum Gasteiger partial charge on any atom is 0.0850 e. The summed E-state index contributed by atoms with van der Waals surface area (Å²) >= 11 is 6.44. The molecule has 1 unspecified atom stereocenters. The quantitative estimate of drug-likeness (QED) is 0.759. The van der Waals surface area contributed by atoms with Crippen LogP contribution >= 0.6 is 11.6 Å². The highest BCUT2D eigenvalue weighted by Gasteiger charge is 2.18. The van der Waals surface area contributed by atoms with Crippen molar-refractivity contribution in [2.45, 2.75) is 52.6 Å². The van der Waals surface area contributed by atoms with E-state index in [-0.39, 0.29) is 0 Å². The van der Waals surface area contributed by atoms with Gasteiger partial charge in [-0.15, -0.1) is 0 Å². The first-order chi connectivity index (χ1) is 9.17. The summed E-state index contributed by atoms with van der Waals surface area (Å²) < 4.78 is 7.20. The highest BCUT2D eigenvalue weighted by atomic mass is 35.5. The summed E-state index contributed by atoms with van der Waals surface area (Å²) in [5.74, 6) is 0. The number of hydrogen-bond acceptors (Lipinski definition) is 3. The zero-order valence-electron chi connectivity index (χ0n) is 12.5. The van der Waals surface area contributed by atoms with Crippen molar-refractivity contribution in [1.29, 1.82) is 0 Å². The molecule has 4 nitrogen and oxygen atoms in total. The zero-order valence-corrected chi connectivity index (χ0v) is 13.3. The number of halogens is 1. The molecule has 0 spiro atoms. The van der Waals surface area contributed by atoms with Gasteiger partial charge in [0.15, 0.2) is 0 Å². The molecule has 5 heteroatoms. The van der Waals surface area contributed by atoms with Gasteiger partial charge in [0.25, 0.3) is 0 Å². The maximum absolute atomic E-state index is 6.44. The van der Waals surface area contributed by atoms with E-state index in [1.165, 1.54) is 0 Å². The maximum atomic E-state index is 6.44. The van der Waals surface area contributed by atoms with Gasteiger partial charge in [-0.25, -0.2) is 0 Å². The molecule has 1 aromatic rings. The molecular weight excluding hydrogens is 262 g/mol. The summed E-state index contributed by atoms with van der Waals surface area (Å²) in [4.78, 5) is 0. The second-order valence-electron chi connectivity index (χ2n) is 4.62. The third-order valence-corrected chi connectivity index (χ3v) is 3.73. The second kappa shape index (κ2) is 8.56. The summed E-state index contributed by atoms with van der Waals surface area (Å²) in [6.07, 6.45) is 2.76. The fraction of sp³-hybridized carbons (Fsp3) is 0.786. The highest BCUT2D eigenvalue weighted by molar-refractivity contribution is 6.31. The second-order valence-corrected chi connectivity index (χ2v) is 4.99. The minimum absolute atomic E-state index is 0.383. The predicted molar refractivity (Wildman–Crippen MR) is 80.0 cm³/mol. The van der Waals surface area contributed by atoms with Crippen LogP contribution in [0.2, 0.25) is 5.02 Å². The lowest BCUT2D eigenvalue weighted by Gasteiger charge is -2.18. The van der Waals surface area contributed by atoms with E-state index in [4.69, 9.17) is 16.3 Å². The molecule has 0 aromatic carbocycles. The first-order valence-electron chi connectivity index (χ1n) is 7.14. The largest absolute Gasteiger partial charge is 0.385 e. The number of nitrogens with one attached hydrogen (secondary N) is 1. The average molecular weight is 288 g/mol. The van der Waals surface area contributed by atoms with Gasteiger partial charge in [-0.05, 0) is 26.3 Å². The summed E-state index contributed by atoms with van der Waals surface area (Å²) in [5.41, 5.74) is 2.14. The van der Waals surface area contributed by atoms with Gasteiger partial charge in [-0.2, -0.15) is 5.10 Å². The molecule has 19 heavy (non-hydrogen) atoms. The van der Waals surface area contributed by atoms with Gasteiger partial charge in [0.05, 0.1) is 16.4 Å². The van der Waals surface area contributed by atoms with Crippen LogP contribution in [0.5, 0.6) is 0 Å². The first-order valence-corrected chi connectivity index (χ1v) is 7.51. The zero-order chi connectivity index (χ0) is 14.3. The van der Waals surface area contributed by atoms with Crippen molar-refractivity contribution < 1.29 is 4.74 Å². The van der Waals surface area contributed by atoms with Crippen molar-refractivity contribution in [2.75, 3.05) is 20.3 Å². The topological polar surface area (TPSA) is 39.1 Å². The lowest BCUT2D eigenvalue weighted by molar-refractivity contribution is 0.182. The van der Waals surface area contributed by atoms with Crippen LogP contribution in [-0.2, 0) is 24.1 Å². The Kier molecular flexibility index (Phi) is 7.42. The third-order valence-electron chi connectivity index (χ3n) is 3.30. The van der Waals surface area contributed by atoms with Gasteiger partial charge in [-0.1, -0.05) is 25.4 Å². The van der Waals surface area contributed by atoms with E-state index in [0.717, 1.165) is 55.4 Å². The van der Waals surface area contributed by atoms with Crippen LogP contribution < -0.4 is 5.32 Å². The number of aromatic nitrogens is 2. The Bertz CT molecular complexity index is 379. The van der Waals surface area contributed by atoms with Crippen molar-refractivity contribution in [1.82, 2.24) is 15.1 Å². The number of likely N-dealkylation sites (N-methyl/N-ethyl adjacent to an activating group) is 1. The Labute approximate surface area is 121 Å². The SMILES string of the molecule is CCNC(CCOC)Cc1c(Cl)c(CC)nn1CC. The van der Waals surface area contributed by atoms with E-state index in [9.17, 15) is 0 Å². The molecule has 0 saturated heterocycles. The molecule has 0 amide bonds. The van der Waals surface area contributed by atoms with Crippen molar-refractivity contribution in [3.8, 4) is 0 Å². The van der Waals surface area contributed by atoms with Crippen LogP contribution in [0.3, 0.4) is 0 Å². The van der Waals surface area contributed by atoms with E-state index in [1.807, 2.05) is 4.68 Å². The molecule has 0 radical (unpaired) electrons. The number of methoxy groups -OCH3 is 1. The van der Waals surface area contributed by atoms with Gasteiger partial charge in [0.2, 0.25) is 0 Å². The summed E-state index contributed by atoms with van der Waals surface area (Å²) in [5, 5.41) is 8.90. The van der Waals surface area contributed by atoms with Gasteiger partial charge in [-0.3, -0.25) is 4.68 Å². The molecule has 1 N–H and O–H groups in total. The van der Waals surface area contributed by atoms with Crippen molar-refractivity contribution in [2.24, 2.45) is 0 Å². The molecule has 0 aliphatic rings. The van der Waals surface area contributed by atoms with Gasteiger partial charge in [0.1, 0.15) is 0 Å². The highest BCUT2D eigenvalue weighted by Crippen LogP contribution is 2.23. The Hall–Kier alpha value is -0.580. The van der Waals surface area contributed by atoms with Crippen LogP contribution in [0, 0.1) is 0 Å². The number of ether oxygens (including phenoxy) is 1. The summed E-state index contributed by atoms with van der Waals surface area (Å²) in [6.45, 7) is 8.88. The lowest BCUT2D eigenvalue weighted by Crippen LogP contribution is -2.33. The lowest BCUT2D eigenvalue weighted by atomic mass is 10.1. The van der Waals surface area contributed by atoms with Gasteiger partial charge >= 0.3 is 0 Å². The van der Waals surface area contributed by atoms with E-state index in [1.54, 1.807) is 7.11 Å². The molecule has 0 aliphatic heterocycles. The normalized spacial score (nSPS) is 12.9. The minimum Gasteiger partial charge on any atom is -0.385 e. The Morgan fingerprint density at radius 3 is 2.63 bits per heavy atom. The number of aryl methyl sites for hydroxylation is 2. The number of rotatable bonds is 9. The van der Waals surface area contributed by atoms with E-state index in [2.05, 4.69) is 31.2 Å². The first kappa shape index (κ1) is 16.5. The van der Waals surface area contributed by atoms with E-state index in [0.29, 0.717) is 6.04 Å². The van der Waals surface area contributed by atoms with Crippen LogP contribution in [0.4, 0.5) is 0 Å². The number of nitrogens with zero attached hydrogens (tertiary/aromatic N) is 2. The summed E-state index contributed by atoms with van der Waals surface area (Å²) in [7, 11) is 1.74. The molecular formula is C14H26ClN3O. The Balaban J connectivity index is 2.84. The molecule has 1 rings (SSSR count). The Morgan fingerprint density at radius 1 is 1.37 bits per heavy atom. The fourth-order valence-electron chi connectivity index (χ4n) is 2.27. The van der Waals surface area contributed by atoms with E-state index >= 15 is 0 Å². The molecule has 1 atom stereocenters. The molecule has 0 fully saturated rings. The van der Waals surface area contributed by atoms with Crippen molar-refractivity contribution in [3.63, 3.8) is 0 Å². The fourth-order valence-corrected chi connectivity index (χ4v) is 2.62. The predicted octanol–water partition coefficient (Wildman–Crippen LogP) is 2.68. The molecule has 1 aromatic heterocycles. The molecule has 0 bridgehead atoms. The van der Waals surface area contributed by atoms with Crippen LogP contribution in [-0.4, -0.2) is 36.1 Å².